The minimum atomic E-state index is -0.0659. The molecule has 0 bridgehead atoms. The fraction of sp³-hybridized carbons (Fsp3) is 0.385. The summed E-state index contributed by atoms with van der Waals surface area (Å²) in [6, 6.07) is 14.2. The van der Waals surface area contributed by atoms with Crippen molar-refractivity contribution < 1.29 is 9.53 Å². The maximum atomic E-state index is 12.5. The number of hydrogen-bond donors (Lipinski definition) is 4. The summed E-state index contributed by atoms with van der Waals surface area (Å²) < 4.78 is 5.58. The van der Waals surface area contributed by atoms with E-state index in [0.717, 1.165) is 43.9 Å². The number of guanidine groups is 1. The van der Waals surface area contributed by atoms with Crippen molar-refractivity contribution in [3.63, 3.8) is 0 Å². The zero-order valence-corrected chi connectivity index (χ0v) is 22.1. The fourth-order valence-corrected chi connectivity index (χ4v) is 4.17. The van der Waals surface area contributed by atoms with Gasteiger partial charge in [-0.05, 0) is 61.1 Å². The van der Waals surface area contributed by atoms with Crippen LogP contribution in [0.15, 0.2) is 53.7 Å². The van der Waals surface area contributed by atoms with Crippen LogP contribution in [0, 0.1) is 6.92 Å². The number of aromatic amines is 1. The monoisotopic (exact) mass is 575 g/mol. The topological polar surface area (TPSA) is 90.5 Å². The van der Waals surface area contributed by atoms with Gasteiger partial charge in [-0.15, -0.1) is 24.0 Å². The second-order valence-electron chi connectivity index (χ2n) is 8.51. The number of aliphatic imine (C=N–C) groups is 1. The van der Waals surface area contributed by atoms with E-state index in [2.05, 4.69) is 57.2 Å². The number of carbonyl (C=O) groups excluding carboxylic acids is 1. The highest BCUT2D eigenvalue weighted by Gasteiger charge is 2.16. The smallest absolute Gasteiger partial charge is 0.251 e. The summed E-state index contributed by atoms with van der Waals surface area (Å²) in [6.45, 7) is 4.81. The molecule has 3 aromatic rings. The Morgan fingerprint density at radius 1 is 1.18 bits per heavy atom. The van der Waals surface area contributed by atoms with E-state index >= 15 is 0 Å². The van der Waals surface area contributed by atoms with Crippen LogP contribution in [0.25, 0.3) is 10.9 Å². The predicted molar refractivity (Wildman–Crippen MR) is 148 cm³/mol. The lowest BCUT2D eigenvalue weighted by Gasteiger charge is -2.13. The number of ether oxygens (including phenoxy) is 1. The van der Waals surface area contributed by atoms with Crippen LogP contribution in [0.3, 0.4) is 0 Å². The number of aryl methyl sites for hydroxylation is 1. The van der Waals surface area contributed by atoms with Crippen LogP contribution in [0.2, 0.25) is 0 Å². The molecule has 7 nitrogen and oxygen atoms in total. The highest BCUT2D eigenvalue weighted by Crippen LogP contribution is 2.19. The van der Waals surface area contributed by atoms with Gasteiger partial charge < -0.3 is 25.7 Å². The standard InChI is InChI=1S/C26H33N5O2.HI/c1-18-8-9-23-21(16-29-24(23)13-18)10-11-28-26(27-2)31-15-19-5-3-6-20(14-19)25(32)30-17-22-7-4-12-33-22;/h3,5-6,8-9,13-14,16,22,29H,4,7,10-12,15,17H2,1-2H3,(H,30,32)(H2,27,28,31);1H. The molecule has 1 amide bonds. The zero-order chi connectivity index (χ0) is 23.0. The number of H-pyrrole nitrogens is 1. The minimum absolute atomic E-state index is 0. The van der Waals surface area contributed by atoms with Gasteiger partial charge in [-0.2, -0.15) is 0 Å². The molecule has 1 unspecified atom stereocenters. The first-order valence-corrected chi connectivity index (χ1v) is 11.6. The first-order valence-electron chi connectivity index (χ1n) is 11.6. The number of halogens is 1. The SMILES string of the molecule is CN=C(NCCc1c[nH]c2cc(C)ccc12)NCc1cccc(C(=O)NCC2CCCO2)c1.I. The van der Waals surface area contributed by atoms with E-state index < -0.39 is 0 Å². The molecule has 4 N–H and O–H groups in total. The molecule has 0 aliphatic carbocycles. The quantitative estimate of drug-likeness (QED) is 0.186. The summed E-state index contributed by atoms with van der Waals surface area (Å²) in [4.78, 5) is 20.2. The summed E-state index contributed by atoms with van der Waals surface area (Å²) >= 11 is 0. The van der Waals surface area contributed by atoms with Gasteiger partial charge >= 0.3 is 0 Å². The summed E-state index contributed by atoms with van der Waals surface area (Å²) in [6.07, 6.45) is 5.19. The van der Waals surface area contributed by atoms with E-state index in [4.69, 9.17) is 4.74 Å². The summed E-state index contributed by atoms with van der Waals surface area (Å²) in [5, 5.41) is 10.9. The molecule has 8 heteroatoms. The van der Waals surface area contributed by atoms with Crippen molar-refractivity contribution in [2.75, 3.05) is 26.7 Å². The first-order chi connectivity index (χ1) is 16.1. The van der Waals surface area contributed by atoms with Gasteiger partial charge in [-0.3, -0.25) is 9.79 Å². The average Bonchev–Trinajstić information content (AvgIpc) is 3.49. The van der Waals surface area contributed by atoms with E-state index in [-0.39, 0.29) is 36.0 Å². The summed E-state index contributed by atoms with van der Waals surface area (Å²) in [7, 11) is 1.76. The number of amides is 1. The highest BCUT2D eigenvalue weighted by atomic mass is 127. The molecule has 1 saturated heterocycles. The van der Waals surface area contributed by atoms with Crippen molar-refractivity contribution in [1.29, 1.82) is 0 Å². The minimum Gasteiger partial charge on any atom is -0.376 e. The van der Waals surface area contributed by atoms with Crippen molar-refractivity contribution in [2.45, 2.75) is 38.8 Å². The van der Waals surface area contributed by atoms with Gasteiger partial charge in [0.05, 0.1) is 6.10 Å². The molecule has 0 radical (unpaired) electrons. The highest BCUT2D eigenvalue weighted by molar-refractivity contribution is 14.0. The van der Waals surface area contributed by atoms with E-state index in [9.17, 15) is 4.79 Å². The van der Waals surface area contributed by atoms with E-state index in [1.165, 1.54) is 22.0 Å². The molecule has 182 valence electrons. The van der Waals surface area contributed by atoms with Gasteiger partial charge in [0.15, 0.2) is 5.96 Å². The molecular weight excluding hydrogens is 541 g/mol. The van der Waals surface area contributed by atoms with Crippen molar-refractivity contribution in [2.24, 2.45) is 4.99 Å². The average molecular weight is 575 g/mol. The second-order valence-corrected chi connectivity index (χ2v) is 8.51. The lowest BCUT2D eigenvalue weighted by molar-refractivity contribution is 0.0857. The third-order valence-corrected chi connectivity index (χ3v) is 6.00. The molecule has 1 atom stereocenters. The van der Waals surface area contributed by atoms with Crippen LogP contribution in [0.1, 0.15) is 39.9 Å². The molecule has 1 aromatic heterocycles. The maximum absolute atomic E-state index is 12.5. The Morgan fingerprint density at radius 3 is 2.85 bits per heavy atom. The summed E-state index contributed by atoms with van der Waals surface area (Å²) in [5.74, 6) is 0.669. The third kappa shape index (κ3) is 6.96. The largest absolute Gasteiger partial charge is 0.376 e. The molecule has 0 spiro atoms. The summed E-state index contributed by atoms with van der Waals surface area (Å²) in [5.41, 5.74) is 5.39. The number of nitrogens with zero attached hydrogens (tertiary/aromatic N) is 1. The molecule has 1 aliphatic heterocycles. The van der Waals surface area contributed by atoms with Gasteiger partial charge in [0.25, 0.3) is 5.91 Å². The maximum Gasteiger partial charge on any atom is 0.251 e. The van der Waals surface area contributed by atoms with Gasteiger partial charge in [-0.25, -0.2) is 0 Å². The molecule has 1 aliphatic rings. The zero-order valence-electron chi connectivity index (χ0n) is 19.8. The van der Waals surface area contributed by atoms with Gasteiger partial charge in [-0.1, -0.05) is 24.3 Å². The van der Waals surface area contributed by atoms with Crippen LogP contribution >= 0.6 is 24.0 Å². The molecule has 0 saturated carbocycles. The van der Waals surface area contributed by atoms with Crippen LogP contribution in [-0.4, -0.2) is 49.7 Å². The fourth-order valence-electron chi connectivity index (χ4n) is 4.17. The van der Waals surface area contributed by atoms with E-state index in [0.29, 0.717) is 18.7 Å². The van der Waals surface area contributed by atoms with Gasteiger partial charge in [0, 0.05) is 56.0 Å². The van der Waals surface area contributed by atoms with Crippen LogP contribution in [-0.2, 0) is 17.7 Å². The second kappa shape index (κ2) is 12.8. The molecule has 34 heavy (non-hydrogen) atoms. The Hall–Kier alpha value is -2.59. The number of aromatic nitrogens is 1. The normalized spacial score (nSPS) is 15.7. The third-order valence-electron chi connectivity index (χ3n) is 6.00. The van der Waals surface area contributed by atoms with Crippen molar-refractivity contribution in [3.8, 4) is 0 Å². The van der Waals surface area contributed by atoms with E-state index in [1.54, 1.807) is 7.05 Å². The van der Waals surface area contributed by atoms with Crippen molar-refractivity contribution in [1.82, 2.24) is 20.9 Å². The Morgan fingerprint density at radius 2 is 2.06 bits per heavy atom. The molecule has 1 fully saturated rings. The van der Waals surface area contributed by atoms with Crippen LogP contribution in [0.4, 0.5) is 0 Å². The lowest BCUT2D eigenvalue weighted by Crippen LogP contribution is -2.38. The van der Waals surface area contributed by atoms with Gasteiger partial charge in [0.2, 0.25) is 0 Å². The Bertz CT molecular complexity index is 1120. The first kappa shape index (κ1) is 26.0. The Balaban J connectivity index is 0.00000324. The van der Waals surface area contributed by atoms with E-state index in [1.807, 2.05) is 24.3 Å². The van der Waals surface area contributed by atoms with Crippen molar-refractivity contribution in [3.05, 3.63) is 70.9 Å². The number of fused-ring (bicyclic) bond motifs is 1. The molecular formula is C26H34IN5O2. The molecule has 2 aromatic carbocycles. The number of benzene rings is 2. The van der Waals surface area contributed by atoms with Crippen LogP contribution in [0.5, 0.6) is 0 Å². The number of rotatable bonds is 8. The Kier molecular flexibility index (Phi) is 9.76. The predicted octanol–water partition coefficient (Wildman–Crippen LogP) is 3.91. The molecule has 2 heterocycles. The number of nitrogens with one attached hydrogen (secondary N) is 4. The van der Waals surface area contributed by atoms with Crippen LogP contribution < -0.4 is 16.0 Å². The number of carbonyl (C=O) groups is 1. The lowest BCUT2D eigenvalue weighted by atomic mass is 10.1. The number of hydrogen-bond acceptors (Lipinski definition) is 3. The Labute approximate surface area is 218 Å². The van der Waals surface area contributed by atoms with Crippen molar-refractivity contribution >= 4 is 46.7 Å². The van der Waals surface area contributed by atoms with Gasteiger partial charge in [0.1, 0.15) is 0 Å². The molecule has 4 rings (SSSR count).